The highest BCUT2D eigenvalue weighted by atomic mass is 35.5. The number of ether oxygens (including phenoxy) is 1. The van der Waals surface area contributed by atoms with E-state index in [0.717, 1.165) is 17.7 Å². The van der Waals surface area contributed by atoms with Gasteiger partial charge in [-0.3, -0.25) is 0 Å². The van der Waals surface area contributed by atoms with Gasteiger partial charge in [0.2, 0.25) is 5.95 Å². The molecule has 0 saturated carbocycles. The molecular formula is C10H16ClN3O. The summed E-state index contributed by atoms with van der Waals surface area (Å²) in [4.78, 5) is 8.50. The topological polar surface area (TPSA) is 47.0 Å². The van der Waals surface area contributed by atoms with Crippen molar-refractivity contribution in [3.63, 3.8) is 0 Å². The molecule has 0 spiro atoms. The van der Waals surface area contributed by atoms with Crippen molar-refractivity contribution in [3.8, 4) is 0 Å². The molecule has 0 fully saturated rings. The molecule has 84 valence electrons. The first-order valence-corrected chi connectivity index (χ1v) is 5.32. The molecule has 0 aliphatic heterocycles. The second kappa shape index (κ2) is 5.88. The predicted molar refractivity (Wildman–Crippen MR) is 61.5 cm³/mol. The van der Waals surface area contributed by atoms with Gasteiger partial charge < -0.3 is 10.1 Å². The highest BCUT2D eigenvalue weighted by Gasteiger charge is 2.07. The average Bonchev–Trinajstić information content (AvgIpc) is 2.23. The monoisotopic (exact) mass is 229 g/mol. The van der Waals surface area contributed by atoms with E-state index in [-0.39, 0.29) is 0 Å². The minimum Gasteiger partial charge on any atom is -0.383 e. The standard InChI is InChI=1S/C10H16ClN3O/c1-4-8-7(2)9(11)14-10(13-8)12-5-6-15-3/h4-6H2,1-3H3,(H,12,13,14). The highest BCUT2D eigenvalue weighted by Crippen LogP contribution is 2.17. The van der Waals surface area contributed by atoms with Gasteiger partial charge in [0, 0.05) is 19.2 Å². The van der Waals surface area contributed by atoms with Crippen LogP contribution in [0.1, 0.15) is 18.2 Å². The van der Waals surface area contributed by atoms with Crippen LogP contribution in [0.25, 0.3) is 0 Å². The Balaban J connectivity index is 2.77. The number of nitrogens with one attached hydrogen (secondary N) is 1. The van der Waals surface area contributed by atoms with Gasteiger partial charge in [-0.15, -0.1) is 0 Å². The molecule has 0 bridgehead atoms. The number of aromatic nitrogens is 2. The van der Waals surface area contributed by atoms with Crippen molar-refractivity contribution in [2.75, 3.05) is 25.6 Å². The molecule has 0 atom stereocenters. The third-order valence-corrected chi connectivity index (χ3v) is 2.48. The fraction of sp³-hybridized carbons (Fsp3) is 0.600. The fourth-order valence-electron chi connectivity index (χ4n) is 1.22. The molecule has 1 aromatic heterocycles. The summed E-state index contributed by atoms with van der Waals surface area (Å²) in [5.41, 5.74) is 1.94. The second-order valence-corrected chi connectivity index (χ2v) is 3.54. The van der Waals surface area contributed by atoms with Crippen molar-refractivity contribution in [3.05, 3.63) is 16.4 Å². The molecular weight excluding hydrogens is 214 g/mol. The van der Waals surface area contributed by atoms with Gasteiger partial charge in [-0.25, -0.2) is 9.97 Å². The molecule has 0 aliphatic carbocycles. The second-order valence-electron chi connectivity index (χ2n) is 3.18. The first kappa shape index (κ1) is 12.2. The van der Waals surface area contributed by atoms with Crippen molar-refractivity contribution in [2.45, 2.75) is 20.3 Å². The molecule has 0 unspecified atom stereocenters. The number of rotatable bonds is 5. The van der Waals surface area contributed by atoms with Gasteiger partial charge in [0.05, 0.1) is 12.3 Å². The Morgan fingerprint density at radius 3 is 2.73 bits per heavy atom. The van der Waals surface area contributed by atoms with E-state index in [1.165, 1.54) is 0 Å². The van der Waals surface area contributed by atoms with Crippen LogP contribution in [0.2, 0.25) is 5.15 Å². The Morgan fingerprint density at radius 2 is 2.13 bits per heavy atom. The number of hydrogen-bond acceptors (Lipinski definition) is 4. The zero-order valence-electron chi connectivity index (χ0n) is 9.30. The number of aryl methyl sites for hydroxylation is 1. The van der Waals surface area contributed by atoms with Crippen LogP contribution < -0.4 is 5.32 Å². The zero-order chi connectivity index (χ0) is 11.3. The lowest BCUT2D eigenvalue weighted by Gasteiger charge is -2.08. The molecule has 1 rings (SSSR count). The summed E-state index contributed by atoms with van der Waals surface area (Å²) >= 11 is 5.99. The highest BCUT2D eigenvalue weighted by molar-refractivity contribution is 6.30. The van der Waals surface area contributed by atoms with Crippen molar-refractivity contribution < 1.29 is 4.74 Å². The van der Waals surface area contributed by atoms with Crippen LogP contribution in [-0.2, 0) is 11.2 Å². The molecule has 0 radical (unpaired) electrons. The van der Waals surface area contributed by atoms with Crippen LogP contribution in [0.3, 0.4) is 0 Å². The van der Waals surface area contributed by atoms with Crippen LogP contribution in [0.5, 0.6) is 0 Å². The molecule has 0 aliphatic rings. The van der Waals surface area contributed by atoms with Crippen LogP contribution in [0.4, 0.5) is 5.95 Å². The van der Waals surface area contributed by atoms with Gasteiger partial charge >= 0.3 is 0 Å². The largest absolute Gasteiger partial charge is 0.383 e. The summed E-state index contributed by atoms with van der Waals surface area (Å²) in [5, 5.41) is 3.57. The SMILES string of the molecule is CCc1nc(NCCOC)nc(Cl)c1C. The lowest BCUT2D eigenvalue weighted by Crippen LogP contribution is -2.11. The van der Waals surface area contributed by atoms with E-state index in [1.54, 1.807) is 7.11 Å². The maximum Gasteiger partial charge on any atom is 0.224 e. The summed E-state index contributed by atoms with van der Waals surface area (Å²) in [6, 6.07) is 0. The zero-order valence-corrected chi connectivity index (χ0v) is 10.1. The molecule has 1 heterocycles. The minimum absolute atomic E-state index is 0.516. The molecule has 0 aromatic carbocycles. The third kappa shape index (κ3) is 3.32. The first-order chi connectivity index (χ1) is 7.19. The lowest BCUT2D eigenvalue weighted by atomic mass is 10.2. The Hall–Kier alpha value is -0.870. The first-order valence-electron chi connectivity index (χ1n) is 4.94. The van der Waals surface area contributed by atoms with E-state index in [1.807, 2.05) is 13.8 Å². The molecule has 15 heavy (non-hydrogen) atoms. The Morgan fingerprint density at radius 1 is 1.40 bits per heavy atom. The van der Waals surface area contributed by atoms with Crippen LogP contribution in [0.15, 0.2) is 0 Å². The Kier molecular flexibility index (Phi) is 4.78. The van der Waals surface area contributed by atoms with Gasteiger partial charge in [0.15, 0.2) is 0 Å². The van der Waals surface area contributed by atoms with Crippen molar-refractivity contribution in [2.24, 2.45) is 0 Å². The lowest BCUT2D eigenvalue weighted by molar-refractivity contribution is 0.210. The third-order valence-electron chi connectivity index (χ3n) is 2.11. The van der Waals surface area contributed by atoms with Gasteiger partial charge in [-0.1, -0.05) is 18.5 Å². The van der Waals surface area contributed by atoms with E-state index < -0.39 is 0 Å². The quantitative estimate of drug-likeness (QED) is 0.620. The fourth-order valence-corrected chi connectivity index (χ4v) is 1.41. The summed E-state index contributed by atoms with van der Waals surface area (Å²) < 4.78 is 4.92. The van der Waals surface area contributed by atoms with E-state index >= 15 is 0 Å². The smallest absolute Gasteiger partial charge is 0.224 e. The van der Waals surface area contributed by atoms with E-state index in [4.69, 9.17) is 16.3 Å². The summed E-state index contributed by atoms with van der Waals surface area (Å²) in [6.45, 7) is 5.28. The van der Waals surface area contributed by atoms with E-state index in [9.17, 15) is 0 Å². The van der Waals surface area contributed by atoms with Gasteiger partial charge in [-0.05, 0) is 13.3 Å². The van der Waals surface area contributed by atoms with Crippen molar-refractivity contribution in [1.82, 2.24) is 9.97 Å². The van der Waals surface area contributed by atoms with E-state index in [0.29, 0.717) is 24.3 Å². The van der Waals surface area contributed by atoms with Gasteiger partial charge in [0.1, 0.15) is 5.15 Å². The molecule has 1 aromatic rings. The predicted octanol–water partition coefficient (Wildman–Crippen LogP) is 2.06. The van der Waals surface area contributed by atoms with Crippen molar-refractivity contribution in [1.29, 1.82) is 0 Å². The van der Waals surface area contributed by atoms with Crippen molar-refractivity contribution >= 4 is 17.5 Å². The van der Waals surface area contributed by atoms with Gasteiger partial charge in [-0.2, -0.15) is 0 Å². The Labute approximate surface area is 95.0 Å². The number of methoxy groups -OCH3 is 1. The summed E-state index contributed by atoms with van der Waals surface area (Å²) in [7, 11) is 1.65. The maximum absolute atomic E-state index is 5.99. The Bertz CT molecular complexity index is 331. The molecule has 0 amide bonds. The number of anilines is 1. The number of nitrogens with zero attached hydrogens (tertiary/aromatic N) is 2. The number of halogens is 1. The minimum atomic E-state index is 0.516. The summed E-state index contributed by atoms with van der Waals surface area (Å²) in [5.74, 6) is 0.569. The van der Waals surface area contributed by atoms with Crippen LogP contribution in [-0.4, -0.2) is 30.2 Å². The normalized spacial score (nSPS) is 10.4. The summed E-state index contributed by atoms with van der Waals surface area (Å²) in [6.07, 6.45) is 0.854. The molecule has 4 nitrogen and oxygen atoms in total. The maximum atomic E-state index is 5.99. The average molecular weight is 230 g/mol. The van der Waals surface area contributed by atoms with Gasteiger partial charge in [0.25, 0.3) is 0 Å². The number of hydrogen-bond donors (Lipinski definition) is 1. The molecule has 5 heteroatoms. The molecule has 1 N–H and O–H groups in total. The van der Waals surface area contributed by atoms with E-state index in [2.05, 4.69) is 15.3 Å². The molecule has 0 saturated heterocycles. The van der Waals surface area contributed by atoms with Crippen LogP contribution >= 0.6 is 11.6 Å². The van der Waals surface area contributed by atoms with Crippen LogP contribution in [0, 0.1) is 6.92 Å².